The summed E-state index contributed by atoms with van der Waals surface area (Å²) in [6, 6.07) is 0.520. The molecule has 0 spiro atoms. The van der Waals surface area contributed by atoms with Gasteiger partial charge in [-0.15, -0.1) is 0 Å². The van der Waals surface area contributed by atoms with E-state index in [2.05, 4.69) is 36.1 Å². The molecule has 1 heterocycles. The van der Waals surface area contributed by atoms with Crippen LogP contribution in [0, 0.1) is 0 Å². The van der Waals surface area contributed by atoms with Gasteiger partial charge >= 0.3 is 0 Å². The summed E-state index contributed by atoms with van der Waals surface area (Å²) in [4.78, 5) is 4.53. The zero-order valence-electron chi connectivity index (χ0n) is 9.53. The molecule has 0 saturated carbocycles. The molecule has 4 heteroatoms. The number of nitrogens with one attached hydrogen (secondary N) is 1. The fourth-order valence-electron chi connectivity index (χ4n) is 1.74. The van der Waals surface area contributed by atoms with E-state index in [1.807, 2.05) is 0 Å². The van der Waals surface area contributed by atoms with Crippen LogP contribution in [0.3, 0.4) is 0 Å². The topological polar surface area (TPSA) is 38.7 Å². The SMILES string of the molecule is CC1CNCC(O)CN1CCN(C)C. The van der Waals surface area contributed by atoms with E-state index < -0.39 is 0 Å². The first-order chi connectivity index (χ1) is 6.59. The molecule has 2 unspecified atom stereocenters. The number of rotatable bonds is 3. The number of aliphatic hydroxyl groups is 1. The minimum atomic E-state index is -0.220. The van der Waals surface area contributed by atoms with Gasteiger partial charge in [-0.1, -0.05) is 0 Å². The maximum Gasteiger partial charge on any atom is 0.0791 e. The number of β-amino-alcohol motifs (C(OH)–C–C–N with tert-alkyl or cyclic N) is 1. The number of nitrogens with zero attached hydrogens (tertiary/aromatic N) is 2. The largest absolute Gasteiger partial charge is 0.390 e. The van der Waals surface area contributed by atoms with Gasteiger partial charge in [0.05, 0.1) is 6.10 Å². The van der Waals surface area contributed by atoms with Crippen LogP contribution < -0.4 is 5.32 Å². The highest BCUT2D eigenvalue weighted by atomic mass is 16.3. The maximum atomic E-state index is 9.62. The predicted molar refractivity (Wildman–Crippen MR) is 58.5 cm³/mol. The van der Waals surface area contributed by atoms with Gasteiger partial charge in [0.1, 0.15) is 0 Å². The van der Waals surface area contributed by atoms with Crippen LogP contribution in [0.5, 0.6) is 0 Å². The number of hydrogen-bond acceptors (Lipinski definition) is 4. The van der Waals surface area contributed by atoms with Crippen molar-refractivity contribution in [1.29, 1.82) is 0 Å². The first-order valence-corrected chi connectivity index (χ1v) is 5.37. The van der Waals surface area contributed by atoms with Crippen molar-refractivity contribution in [2.75, 3.05) is 46.8 Å². The van der Waals surface area contributed by atoms with E-state index in [4.69, 9.17) is 0 Å². The Labute approximate surface area is 86.9 Å². The lowest BCUT2D eigenvalue weighted by Crippen LogP contribution is -2.42. The summed E-state index contributed by atoms with van der Waals surface area (Å²) in [5, 5.41) is 12.9. The molecule has 0 aromatic heterocycles. The lowest BCUT2D eigenvalue weighted by molar-refractivity contribution is 0.109. The molecule has 1 fully saturated rings. The Morgan fingerprint density at radius 3 is 2.79 bits per heavy atom. The van der Waals surface area contributed by atoms with Crippen LogP contribution >= 0.6 is 0 Å². The minimum Gasteiger partial charge on any atom is -0.390 e. The van der Waals surface area contributed by atoms with Crippen LogP contribution in [0.2, 0.25) is 0 Å². The Morgan fingerprint density at radius 1 is 1.43 bits per heavy atom. The van der Waals surface area contributed by atoms with Crippen molar-refractivity contribution in [2.24, 2.45) is 0 Å². The van der Waals surface area contributed by atoms with Crippen molar-refractivity contribution in [2.45, 2.75) is 19.1 Å². The highest BCUT2D eigenvalue weighted by molar-refractivity contribution is 4.79. The second kappa shape index (κ2) is 5.66. The van der Waals surface area contributed by atoms with E-state index >= 15 is 0 Å². The lowest BCUT2D eigenvalue weighted by Gasteiger charge is -2.28. The molecule has 1 aliphatic rings. The quantitative estimate of drug-likeness (QED) is 0.627. The van der Waals surface area contributed by atoms with Crippen molar-refractivity contribution in [3.63, 3.8) is 0 Å². The van der Waals surface area contributed by atoms with E-state index in [-0.39, 0.29) is 6.10 Å². The average Bonchev–Trinajstić information content (AvgIpc) is 2.25. The normalized spacial score (nSPS) is 30.6. The summed E-state index contributed by atoms with van der Waals surface area (Å²) in [6.07, 6.45) is -0.220. The first-order valence-electron chi connectivity index (χ1n) is 5.37. The second-order valence-electron chi connectivity index (χ2n) is 4.46. The van der Waals surface area contributed by atoms with Crippen LogP contribution in [-0.4, -0.2) is 73.9 Å². The number of aliphatic hydroxyl groups excluding tert-OH is 1. The average molecular weight is 201 g/mol. The zero-order valence-corrected chi connectivity index (χ0v) is 9.53. The molecular formula is C10H23N3O. The molecule has 1 aliphatic heterocycles. The highest BCUT2D eigenvalue weighted by Crippen LogP contribution is 2.03. The summed E-state index contributed by atoms with van der Waals surface area (Å²) < 4.78 is 0. The standard InChI is InChI=1S/C10H23N3O/c1-9-6-11-7-10(14)8-13(9)5-4-12(2)3/h9-11,14H,4-8H2,1-3H3. The zero-order chi connectivity index (χ0) is 10.6. The second-order valence-corrected chi connectivity index (χ2v) is 4.46. The van der Waals surface area contributed by atoms with Gasteiger partial charge in [0.25, 0.3) is 0 Å². The monoisotopic (exact) mass is 201 g/mol. The van der Waals surface area contributed by atoms with Crippen molar-refractivity contribution in [1.82, 2.24) is 15.1 Å². The summed E-state index contributed by atoms with van der Waals surface area (Å²) in [5.74, 6) is 0. The molecule has 0 bridgehead atoms. The van der Waals surface area contributed by atoms with Gasteiger partial charge in [0.15, 0.2) is 0 Å². The first kappa shape index (κ1) is 11.9. The molecule has 1 saturated heterocycles. The van der Waals surface area contributed by atoms with Crippen LogP contribution in [0.25, 0.3) is 0 Å². The van der Waals surface area contributed by atoms with E-state index in [1.54, 1.807) is 0 Å². The fourth-order valence-corrected chi connectivity index (χ4v) is 1.74. The Hall–Kier alpha value is -0.160. The molecule has 0 amide bonds. The van der Waals surface area contributed by atoms with Gasteiger partial charge < -0.3 is 15.3 Å². The van der Waals surface area contributed by atoms with Crippen LogP contribution in [0.4, 0.5) is 0 Å². The van der Waals surface area contributed by atoms with Gasteiger partial charge in [0.2, 0.25) is 0 Å². The predicted octanol–water partition coefficient (Wildman–Crippen LogP) is -0.797. The van der Waals surface area contributed by atoms with Gasteiger partial charge in [-0.25, -0.2) is 0 Å². The number of likely N-dealkylation sites (N-methyl/N-ethyl adjacent to an activating group) is 1. The van der Waals surface area contributed by atoms with Crippen molar-refractivity contribution in [3.8, 4) is 0 Å². The molecule has 2 N–H and O–H groups in total. The smallest absolute Gasteiger partial charge is 0.0791 e. The number of hydrogen-bond donors (Lipinski definition) is 2. The van der Waals surface area contributed by atoms with Gasteiger partial charge in [-0.3, -0.25) is 4.90 Å². The molecule has 4 nitrogen and oxygen atoms in total. The molecule has 14 heavy (non-hydrogen) atoms. The maximum absolute atomic E-state index is 9.62. The highest BCUT2D eigenvalue weighted by Gasteiger charge is 2.20. The Kier molecular flexibility index (Phi) is 4.81. The minimum absolute atomic E-state index is 0.220. The van der Waals surface area contributed by atoms with Crippen molar-refractivity contribution in [3.05, 3.63) is 0 Å². The molecule has 1 rings (SSSR count). The van der Waals surface area contributed by atoms with Gasteiger partial charge in [0, 0.05) is 38.8 Å². The van der Waals surface area contributed by atoms with Gasteiger partial charge in [-0.05, 0) is 21.0 Å². The molecule has 0 aromatic rings. The molecule has 0 aromatic carbocycles. The Balaban J connectivity index is 2.38. The van der Waals surface area contributed by atoms with Crippen LogP contribution in [0.1, 0.15) is 6.92 Å². The van der Waals surface area contributed by atoms with Gasteiger partial charge in [-0.2, -0.15) is 0 Å². The third kappa shape index (κ3) is 3.92. The summed E-state index contributed by atoms with van der Waals surface area (Å²) in [6.45, 7) is 6.79. The summed E-state index contributed by atoms with van der Waals surface area (Å²) in [7, 11) is 4.16. The molecular weight excluding hydrogens is 178 g/mol. The van der Waals surface area contributed by atoms with Crippen LogP contribution in [-0.2, 0) is 0 Å². The summed E-state index contributed by atoms with van der Waals surface area (Å²) >= 11 is 0. The van der Waals surface area contributed by atoms with Crippen molar-refractivity contribution < 1.29 is 5.11 Å². The molecule has 2 atom stereocenters. The third-order valence-electron chi connectivity index (χ3n) is 2.72. The van der Waals surface area contributed by atoms with E-state index in [0.717, 1.165) is 32.7 Å². The van der Waals surface area contributed by atoms with Crippen LogP contribution in [0.15, 0.2) is 0 Å². The summed E-state index contributed by atoms with van der Waals surface area (Å²) in [5.41, 5.74) is 0. The van der Waals surface area contributed by atoms with Crippen molar-refractivity contribution >= 4 is 0 Å². The third-order valence-corrected chi connectivity index (χ3v) is 2.72. The van der Waals surface area contributed by atoms with E-state index in [9.17, 15) is 5.11 Å². The Bertz CT molecular complexity index is 163. The molecule has 0 radical (unpaired) electrons. The molecule has 84 valence electrons. The van der Waals surface area contributed by atoms with E-state index in [0.29, 0.717) is 6.04 Å². The lowest BCUT2D eigenvalue weighted by atomic mass is 10.2. The molecule has 0 aliphatic carbocycles. The fraction of sp³-hybridized carbons (Fsp3) is 1.00. The Morgan fingerprint density at radius 2 is 2.14 bits per heavy atom. The van der Waals surface area contributed by atoms with E-state index in [1.165, 1.54) is 0 Å².